The number of anilines is 1. The molecule has 0 aliphatic heterocycles. The fraction of sp³-hybridized carbons (Fsp3) is 0.0714. The maximum atomic E-state index is 13.6. The number of carbonyl (C=O) groups is 1. The molecule has 1 unspecified atom stereocenters. The third kappa shape index (κ3) is 3.19. The molecule has 1 atom stereocenters. The average Bonchev–Trinajstić information content (AvgIpc) is 2.43. The molecule has 0 saturated carbocycles. The fourth-order valence-electron chi connectivity index (χ4n) is 1.63. The van der Waals surface area contributed by atoms with Crippen molar-refractivity contribution in [3.63, 3.8) is 0 Å². The highest BCUT2D eigenvalue weighted by atomic mass is 79.9. The van der Waals surface area contributed by atoms with Crippen molar-refractivity contribution >= 4 is 27.5 Å². The highest BCUT2D eigenvalue weighted by molar-refractivity contribution is 9.10. The van der Waals surface area contributed by atoms with E-state index in [-0.39, 0.29) is 5.69 Å². The van der Waals surface area contributed by atoms with Gasteiger partial charge in [-0.1, -0.05) is 36.4 Å². The van der Waals surface area contributed by atoms with Crippen molar-refractivity contribution in [3.8, 4) is 0 Å². The number of nitrogens with two attached hydrogens (primary N) is 1. The lowest BCUT2D eigenvalue weighted by molar-refractivity contribution is -0.117. The zero-order valence-electron chi connectivity index (χ0n) is 9.94. The summed E-state index contributed by atoms with van der Waals surface area (Å²) in [5.41, 5.74) is 6.61. The Hall–Kier alpha value is -1.72. The fourth-order valence-corrected chi connectivity index (χ4v) is 2.07. The van der Waals surface area contributed by atoms with Gasteiger partial charge in [-0.2, -0.15) is 0 Å². The van der Waals surface area contributed by atoms with Gasteiger partial charge in [-0.25, -0.2) is 4.39 Å². The third-order valence-electron chi connectivity index (χ3n) is 2.65. The second-order valence-electron chi connectivity index (χ2n) is 3.97. The molecule has 3 N–H and O–H groups in total. The van der Waals surface area contributed by atoms with Crippen LogP contribution in [0.2, 0.25) is 0 Å². The van der Waals surface area contributed by atoms with E-state index < -0.39 is 17.8 Å². The summed E-state index contributed by atoms with van der Waals surface area (Å²) in [4.78, 5) is 12.0. The Morgan fingerprint density at radius 3 is 2.47 bits per heavy atom. The summed E-state index contributed by atoms with van der Waals surface area (Å²) in [7, 11) is 0. The Morgan fingerprint density at radius 1 is 1.16 bits per heavy atom. The Balaban J connectivity index is 2.18. The van der Waals surface area contributed by atoms with E-state index in [1.54, 1.807) is 36.4 Å². The molecule has 3 nitrogen and oxygen atoms in total. The van der Waals surface area contributed by atoms with Crippen LogP contribution in [0.1, 0.15) is 11.6 Å². The molecule has 0 radical (unpaired) electrons. The maximum absolute atomic E-state index is 13.6. The number of nitrogens with one attached hydrogen (secondary N) is 1. The molecule has 0 aliphatic carbocycles. The summed E-state index contributed by atoms with van der Waals surface area (Å²) in [6, 6.07) is 12.5. The van der Waals surface area contributed by atoms with Crippen molar-refractivity contribution in [2.24, 2.45) is 5.73 Å². The van der Waals surface area contributed by atoms with Gasteiger partial charge in [-0.15, -0.1) is 0 Å². The molecular weight excluding hydrogens is 311 g/mol. The summed E-state index contributed by atoms with van der Waals surface area (Å²) in [6.45, 7) is 0. The topological polar surface area (TPSA) is 55.1 Å². The second-order valence-corrected chi connectivity index (χ2v) is 4.83. The van der Waals surface area contributed by atoms with Gasteiger partial charge in [0.25, 0.3) is 0 Å². The molecule has 0 fully saturated rings. The van der Waals surface area contributed by atoms with Crippen LogP contribution < -0.4 is 11.1 Å². The Labute approximate surface area is 118 Å². The van der Waals surface area contributed by atoms with Crippen LogP contribution in [0.5, 0.6) is 0 Å². The van der Waals surface area contributed by atoms with E-state index in [0.717, 1.165) is 0 Å². The van der Waals surface area contributed by atoms with Gasteiger partial charge in [0, 0.05) is 4.47 Å². The molecule has 0 spiro atoms. The van der Waals surface area contributed by atoms with Gasteiger partial charge in [-0.3, -0.25) is 4.79 Å². The normalized spacial score (nSPS) is 11.9. The zero-order valence-corrected chi connectivity index (χ0v) is 11.5. The molecule has 19 heavy (non-hydrogen) atoms. The van der Waals surface area contributed by atoms with Crippen molar-refractivity contribution in [1.82, 2.24) is 0 Å². The molecule has 1 amide bonds. The lowest BCUT2D eigenvalue weighted by Gasteiger charge is -2.14. The van der Waals surface area contributed by atoms with Gasteiger partial charge in [0.2, 0.25) is 5.91 Å². The molecular formula is C14H12BrFN2O. The number of amides is 1. The SMILES string of the molecule is NC(C(=O)Nc1c(F)cccc1Br)c1ccccc1. The van der Waals surface area contributed by atoms with Crippen LogP contribution in [-0.2, 0) is 4.79 Å². The number of benzene rings is 2. The monoisotopic (exact) mass is 322 g/mol. The quantitative estimate of drug-likeness (QED) is 0.911. The minimum absolute atomic E-state index is 0.0962. The molecule has 0 aromatic heterocycles. The maximum Gasteiger partial charge on any atom is 0.245 e. The molecule has 0 aliphatic rings. The molecule has 0 bridgehead atoms. The molecule has 2 aromatic rings. The highest BCUT2D eigenvalue weighted by Gasteiger charge is 2.18. The number of rotatable bonds is 3. The lowest BCUT2D eigenvalue weighted by atomic mass is 10.1. The standard InChI is InChI=1S/C14H12BrFN2O/c15-10-7-4-8-11(16)13(10)18-14(19)12(17)9-5-2-1-3-6-9/h1-8,12H,17H2,(H,18,19). The average molecular weight is 323 g/mol. The Bertz CT molecular complexity index is 569. The van der Waals surface area contributed by atoms with Crippen LogP contribution >= 0.6 is 15.9 Å². The van der Waals surface area contributed by atoms with Crippen LogP contribution in [0.25, 0.3) is 0 Å². The van der Waals surface area contributed by atoms with Crippen molar-refractivity contribution < 1.29 is 9.18 Å². The number of carbonyl (C=O) groups excluding carboxylic acids is 1. The predicted octanol–water partition coefficient (Wildman–Crippen LogP) is 3.23. The minimum Gasteiger partial charge on any atom is -0.321 e. The number of para-hydroxylation sites is 1. The highest BCUT2D eigenvalue weighted by Crippen LogP contribution is 2.26. The molecule has 0 saturated heterocycles. The number of hydrogen-bond donors (Lipinski definition) is 2. The zero-order chi connectivity index (χ0) is 13.8. The first-order valence-corrected chi connectivity index (χ1v) is 6.44. The van der Waals surface area contributed by atoms with Gasteiger partial charge >= 0.3 is 0 Å². The van der Waals surface area contributed by atoms with E-state index in [9.17, 15) is 9.18 Å². The van der Waals surface area contributed by atoms with Gasteiger partial charge in [-0.05, 0) is 33.6 Å². The van der Waals surface area contributed by atoms with Crippen LogP contribution in [-0.4, -0.2) is 5.91 Å². The molecule has 98 valence electrons. The smallest absolute Gasteiger partial charge is 0.245 e. The predicted molar refractivity (Wildman–Crippen MR) is 76.1 cm³/mol. The summed E-state index contributed by atoms with van der Waals surface area (Å²) < 4.78 is 14.1. The van der Waals surface area contributed by atoms with Crippen LogP contribution in [0.4, 0.5) is 10.1 Å². The third-order valence-corrected chi connectivity index (χ3v) is 3.31. The minimum atomic E-state index is -0.840. The van der Waals surface area contributed by atoms with Crippen molar-refractivity contribution in [2.75, 3.05) is 5.32 Å². The van der Waals surface area contributed by atoms with Crippen LogP contribution in [0, 0.1) is 5.82 Å². The molecule has 2 aromatic carbocycles. The number of halogens is 2. The van der Waals surface area contributed by atoms with Gasteiger partial charge < -0.3 is 11.1 Å². The van der Waals surface area contributed by atoms with E-state index >= 15 is 0 Å². The van der Waals surface area contributed by atoms with Gasteiger partial charge in [0.1, 0.15) is 11.9 Å². The molecule has 2 rings (SSSR count). The van der Waals surface area contributed by atoms with Crippen molar-refractivity contribution in [2.45, 2.75) is 6.04 Å². The summed E-state index contributed by atoms with van der Waals surface area (Å²) in [5, 5.41) is 2.49. The summed E-state index contributed by atoms with van der Waals surface area (Å²) >= 11 is 3.19. The van der Waals surface area contributed by atoms with E-state index in [1.165, 1.54) is 6.07 Å². The van der Waals surface area contributed by atoms with Crippen molar-refractivity contribution in [3.05, 3.63) is 64.4 Å². The van der Waals surface area contributed by atoms with Gasteiger partial charge in [0.05, 0.1) is 5.69 Å². The summed E-state index contributed by atoms with van der Waals surface area (Å²) in [6.07, 6.45) is 0. The number of hydrogen-bond acceptors (Lipinski definition) is 2. The van der Waals surface area contributed by atoms with E-state index in [4.69, 9.17) is 5.73 Å². The first-order chi connectivity index (χ1) is 9.09. The van der Waals surface area contributed by atoms with E-state index in [2.05, 4.69) is 21.2 Å². The largest absolute Gasteiger partial charge is 0.321 e. The van der Waals surface area contributed by atoms with E-state index in [1.807, 2.05) is 6.07 Å². The Kier molecular flexibility index (Phi) is 4.29. The van der Waals surface area contributed by atoms with Gasteiger partial charge in [0.15, 0.2) is 0 Å². The first kappa shape index (κ1) is 13.7. The summed E-state index contributed by atoms with van der Waals surface area (Å²) in [5.74, 6) is -0.972. The lowest BCUT2D eigenvalue weighted by Crippen LogP contribution is -2.28. The Morgan fingerprint density at radius 2 is 1.84 bits per heavy atom. The second kappa shape index (κ2) is 5.95. The van der Waals surface area contributed by atoms with Crippen molar-refractivity contribution in [1.29, 1.82) is 0 Å². The molecule has 5 heteroatoms. The molecule has 0 heterocycles. The van der Waals surface area contributed by atoms with E-state index in [0.29, 0.717) is 10.0 Å². The van der Waals surface area contributed by atoms with Crippen LogP contribution in [0.3, 0.4) is 0 Å². The van der Waals surface area contributed by atoms with Crippen LogP contribution in [0.15, 0.2) is 53.0 Å². The first-order valence-electron chi connectivity index (χ1n) is 5.65.